The maximum Gasteiger partial charge on any atom is 0.0459 e. The van der Waals surface area contributed by atoms with Crippen LogP contribution in [-0.2, 0) is 0 Å². The molecule has 0 aromatic heterocycles. The summed E-state index contributed by atoms with van der Waals surface area (Å²) in [5.41, 5.74) is 0.790. The third kappa shape index (κ3) is 2.94. The summed E-state index contributed by atoms with van der Waals surface area (Å²) in [6.45, 7) is 2.22. The molecule has 2 nitrogen and oxygen atoms in total. The van der Waals surface area contributed by atoms with E-state index in [0.717, 1.165) is 18.6 Å². The van der Waals surface area contributed by atoms with Crippen molar-refractivity contribution in [3.8, 4) is 0 Å². The van der Waals surface area contributed by atoms with Crippen LogP contribution in [0.15, 0.2) is 0 Å². The molecule has 2 unspecified atom stereocenters. The maximum atomic E-state index is 8.99. The number of aliphatic hydroxyl groups excluding tert-OH is 1. The van der Waals surface area contributed by atoms with Gasteiger partial charge < -0.3 is 10.5 Å². The minimum Gasteiger partial charge on any atom is -0.396 e. The predicted octanol–water partition coefficient (Wildman–Crippen LogP) is 2.21. The predicted molar refractivity (Wildman–Crippen MR) is 50.6 cm³/mol. The van der Waals surface area contributed by atoms with Crippen molar-refractivity contribution in [2.45, 2.75) is 39.0 Å². The summed E-state index contributed by atoms with van der Waals surface area (Å²) in [5.74, 6) is 1.19. The monoisotopic (exact) mass is 169 g/mol. The third-order valence-corrected chi connectivity index (χ3v) is 2.74. The number of rotatable bonds is 3. The van der Waals surface area contributed by atoms with E-state index in [9.17, 15) is 0 Å². The van der Waals surface area contributed by atoms with Gasteiger partial charge in [-0.3, -0.25) is 0 Å². The van der Waals surface area contributed by atoms with E-state index < -0.39 is 0 Å². The molecule has 1 fully saturated rings. The zero-order chi connectivity index (χ0) is 8.97. The van der Waals surface area contributed by atoms with Crippen LogP contribution in [0.4, 0.5) is 0 Å². The second-order valence-corrected chi connectivity index (χ2v) is 4.07. The lowest BCUT2D eigenvalue weighted by Gasteiger charge is -2.27. The van der Waals surface area contributed by atoms with Crippen LogP contribution >= 0.6 is 0 Å². The van der Waals surface area contributed by atoms with Gasteiger partial charge in [0.05, 0.1) is 0 Å². The molecule has 0 amide bonds. The van der Waals surface area contributed by atoms with Crippen LogP contribution < -0.4 is 0 Å². The molecule has 0 radical (unpaired) electrons. The molecule has 0 heterocycles. The van der Waals surface area contributed by atoms with Gasteiger partial charge in [0, 0.05) is 12.3 Å². The number of hydrogen-bond donors (Lipinski definition) is 2. The Balaban J connectivity index is 2.30. The average molecular weight is 169 g/mol. The Morgan fingerprint density at radius 1 is 1.42 bits per heavy atom. The Morgan fingerprint density at radius 3 is 2.67 bits per heavy atom. The summed E-state index contributed by atoms with van der Waals surface area (Å²) in [6.07, 6.45) is 5.75. The fraction of sp³-hybridized carbons (Fsp3) is 0.900. The second-order valence-electron chi connectivity index (χ2n) is 4.07. The lowest BCUT2D eigenvalue weighted by Crippen LogP contribution is -2.19. The summed E-state index contributed by atoms with van der Waals surface area (Å²) in [5, 5.41) is 16.4. The van der Waals surface area contributed by atoms with Crippen molar-refractivity contribution >= 4 is 5.71 Å². The van der Waals surface area contributed by atoms with Crippen LogP contribution in [0.2, 0.25) is 0 Å². The smallest absolute Gasteiger partial charge is 0.0459 e. The van der Waals surface area contributed by atoms with Crippen LogP contribution in [0, 0.1) is 17.2 Å². The van der Waals surface area contributed by atoms with Crippen LogP contribution in [0.5, 0.6) is 0 Å². The molecule has 0 aliphatic heterocycles. The number of hydrogen-bond acceptors (Lipinski definition) is 2. The van der Waals surface area contributed by atoms with Gasteiger partial charge >= 0.3 is 0 Å². The first kappa shape index (κ1) is 9.72. The number of nitrogens with one attached hydrogen (secondary N) is 1. The van der Waals surface area contributed by atoms with Gasteiger partial charge in [-0.1, -0.05) is 12.8 Å². The van der Waals surface area contributed by atoms with Crippen molar-refractivity contribution in [3.63, 3.8) is 0 Å². The maximum absolute atomic E-state index is 8.99. The average Bonchev–Trinajstić information content (AvgIpc) is 2.03. The standard InChI is InChI=1S/C10H19NO/c1-8(11)5-9-3-2-4-10(6-9)7-12/h9-12H,2-7H2,1H3. The fourth-order valence-corrected chi connectivity index (χ4v) is 2.19. The molecule has 2 heteroatoms. The molecule has 0 spiro atoms. The molecule has 0 bridgehead atoms. The van der Waals surface area contributed by atoms with Crippen LogP contribution in [0.3, 0.4) is 0 Å². The molecule has 2 N–H and O–H groups in total. The molecule has 0 aromatic rings. The largest absolute Gasteiger partial charge is 0.396 e. The van der Waals surface area contributed by atoms with E-state index in [4.69, 9.17) is 10.5 Å². The SMILES string of the molecule is CC(=N)CC1CCCC(CO)C1. The van der Waals surface area contributed by atoms with E-state index in [2.05, 4.69) is 0 Å². The highest BCUT2D eigenvalue weighted by Gasteiger charge is 2.21. The number of aliphatic hydroxyl groups is 1. The normalized spacial score (nSPS) is 30.2. The zero-order valence-corrected chi connectivity index (χ0v) is 7.84. The lowest BCUT2D eigenvalue weighted by atomic mass is 9.79. The first-order valence-corrected chi connectivity index (χ1v) is 4.87. The van der Waals surface area contributed by atoms with Gasteiger partial charge in [-0.15, -0.1) is 0 Å². The summed E-state index contributed by atoms with van der Waals surface area (Å²) in [6, 6.07) is 0. The van der Waals surface area contributed by atoms with Gasteiger partial charge in [-0.2, -0.15) is 0 Å². The molecule has 70 valence electrons. The summed E-state index contributed by atoms with van der Waals surface area (Å²) >= 11 is 0. The van der Waals surface area contributed by atoms with Crippen LogP contribution in [0.25, 0.3) is 0 Å². The molecule has 0 saturated heterocycles. The molecule has 0 aromatic carbocycles. The zero-order valence-electron chi connectivity index (χ0n) is 7.84. The third-order valence-electron chi connectivity index (χ3n) is 2.74. The Bertz CT molecular complexity index is 156. The highest BCUT2D eigenvalue weighted by molar-refractivity contribution is 5.78. The van der Waals surface area contributed by atoms with Gasteiger partial charge in [0.1, 0.15) is 0 Å². The van der Waals surface area contributed by atoms with Crippen LogP contribution in [-0.4, -0.2) is 17.4 Å². The van der Waals surface area contributed by atoms with Crippen molar-refractivity contribution in [2.75, 3.05) is 6.61 Å². The molecule has 1 saturated carbocycles. The molecule has 1 aliphatic rings. The van der Waals surface area contributed by atoms with Crippen molar-refractivity contribution in [1.82, 2.24) is 0 Å². The van der Waals surface area contributed by atoms with Gasteiger partial charge in [-0.25, -0.2) is 0 Å². The van der Waals surface area contributed by atoms with E-state index in [1.165, 1.54) is 19.3 Å². The van der Waals surface area contributed by atoms with Crippen molar-refractivity contribution in [1.29, 1.82) is 5.41 Å². The van der Waals surface area contributed by atoms with E-state index in [0.29, 0.717) is 18.4 Å². The summed E-state index contributed by atoms with van der Waals surface area (Å²) < 4.78 is 0. The lowest BCUT2D eigenvalue weighted by molar-refractivity contribution is 0.162. The molecule has 12 heavy (non-hydrogen) atoms. The van der Waals surface area contributed by atoms with E-state index in [1.807, 2.05) is 6.92 Å². The summed E-state index contributed by atoms with van der Waals surface area (Å²) in [7, 11) is 0. The highest BCUT2D eigenvalue weighted by atomic mass is 16.3. The van der Waals surface area contributed by atoms with E-state index >= 15 is 0 Å². The minimum atomic E-state index is 0.341. The van der Waals surface area contributed by atoms with Gasteiger partial charge in [-0.05, 0) is 38.0 Å². The molecule has 2 atom stereocenters. The highest BCUT2D eigenvalue weighted by Crippen LogP contribution is 2.30. The first-order valence-electron chi connectivity index (χ1n) is 4.87. The van der Waals surface area contributed by atoms with Gasteiger partial charge in [0.2, 0.25) is 0 Å². The van der Waals surface area contributed by atoms with Crippen LogP contribution in [0.1, 0.15) is 39.0 Å². The van der Waals surface area contributed by atoms with Crippen molar-refractivity contribution in [3.05, 3.63) is 0 Å². The van der Waals surface area contributed by atoms with Gasteiger partial charge in [0.25, 0.3) is 0 Å². The second kappa shape index (κ2) is 4.61. The Labute approximate surface area is 74.5 Å². The summed E-state index contributed by atoms with van der Waals surface area (Å²) in [4.78, 5) is 0. The fourth-order valence-electron chi connectivity index (χ4n) is 2.19. The van der Waals surface area contributed by atoms with Crippen molar-refractivity contribution in [2.24, 2.45) is 11.8 Å². The molecule has 1 rings (SSSR count). The Hall–Kier alpha value is -0.370. The Morgan fingerprint density at radius 2 is 2.08 bits per heavy atom. The minimum absolute atomic E-state index is 0.341. The van der Waals surface area contributed by atoms with E-state index in [1.54, 1.807) is 0 Å². The van der Waals surface area contributed by atoms with E-state index in [-0.39, 0.29) is 0 Å². The molecule has 1 aliphatic carbocycles. The molecular formula is C10H19NO. The first-order chi connectivity index (χ1) is 5.72. The van der Waals surface area contributed by atoms with Gasteiger partial charge in [0.15, 0.2) is 0 Å². The molecular weight excluding hydrogens is 150 g/mol. The van der Waals surface area contributed by atoms with Crippen molar-refractivity contribution < 1.29 is 5.11 Å². The Kier molecular flexibility index (Phi) is 3.73. The quantitative estimate of drug-likeness (QED) is 0.625. The topological polar surface area (TPSA) is 44.1 Å².